The largest absolute Gasteiger partial charge is 0.494 e. The number of hydrogen-bond donors (Lipinski definition) is 3. The standard InChI is InChI=1S/C22H36FN5O2.HI/c1-5-24-22(26-11-10-25-21(29)16(2)3)27-18-8-12-28(13-9-18)15-17-6-7-20(30-4)19(23)14-17;/h6-7,14,16,18H,5,8-13,15H2,1-4H3,(H,25,29)(H2,24,26,27);1H. The fraction of sp³-hybridized carbons (Fsp3) is 0.636. The number of piperidine rings is 1. The van der Waals surface area contributed by atoms with E-state index in [1.807, 2.05) is 26.8 Å². The van der Waals surface area contributed by atoms with Crippen LogP contribution in [0.1, 0.15) is 39.2 Å². The van der Waals surface area contributed by atoms with E-state index in [1.165, 1.54) is 7.11 Å². The molecule has 176 valence electrons. The SMILES string of the molecule is CCNC(=NCCNC(=O)C(C)C)NC1CCN(Cc2ccc(OC)c(F)c2)CC1.I. The number of nitrogens with one attached hydrogen (secondary N) is 3. The van der Waals surface area contributed by atoms with Crippen LogP contribution in [0.3, 0.4) is 0 Å². The van der Waals surface area contributed by atoms with Crippen molar-refractivity contribution >= 4 is 35.8 Å². The van der Waals surface area contributed by atoms with Gasteiger partial charge in [-0.05, 0) is 37.5 Å². The Hall–Kier alpha value is -1.62. The van der Waals surface area contributed by atoms with Gasteiger partial charge in [0.1, 0.15) is 0 Å². The van der Waals surface area contributed by atoms with Gasteiger partial charge in [0.25, 0.3) is 0 Å². The zero-order valence-electron chi connectivity index (χ0n) is 19.0. The third-order valence-electron chi connectivity index (χ3n) is 5.10. The number of carbonyl (C=O) groups excluding carboxylic acids is 1. The molecule has 3 N–H and O–H groups in total. The Kier molecular flexibility index (Phi) is 12.8. The Balaban J connectivity index is 0.00000480. The minimum Gasteiger partial charge on any atom is -0.494 e. The normalized spacial score (nSPS) is 15.4. The number of halogens is 2. The van der Waals surface area contributed by atoms with Crippen LogP contribution in [0, 0.1) is 11.7 Å². The van der Waals surface area contributed by atoms with E-state index in [1.54, 1.807) is 12.1 Å². The van der Waals surface area contributed by atoms with Gasteiger partial charge < -0.3 is 20.7 Å². The van der Waals surface area contributed by atoms with Crippen LogP contribution < -0.4 is 20.7 Å². The van der Waals surface area contributed by atoms with Gasteiger partial charge >= 0.3 is 0 Å². The van der Waals surface area contributed by atoms with Gasteiger partial charge in [-0.25, -0.2) is 4.39 Å². The van der Waals surface area contributed by atoms with E-state index in [0.717, 1.165) is 50.5 Å². The number of guanidine groups is 1. The number of methoxy groups -OCH3 is 1. The zero-order chi connectivity index (χ0) is 21.9. The maximum absolute atomic E-state index is 13.9. The molecule has 9 heteroatoms. The molecule has 1 fully saturated rings. The molecule has 0 bridgehead atoms. The van der Waals surface area contributed by atoms with E-state index in [2.05, 4.69) is 25.8 Å². The molecule has 1 aromatic rings. The Morgan fingerprint density at radius 2 is 2.00 bits per heavy atom. The van der Waals surface area contributed by atoms with Crippen molar-refractivity contribution in [3.05, 3.63) is 29.6 Å². The van der Waals surface area contributed by atoms with E-state index >= 15 is 0 Å². The van der Waals surface area contributed by atoms with E-state index in [9.17, 15) is 9.18 Å². The van der Waals surface area contributed by atoms with Crippen LogP contribution in [-0.4, -0.2) is 62.6 Å². The first kappa shape index (κ1) is 27.4. The highest BCUT2D eigenvalue weighted by Gasteiger charge is 2.20. The highest BCUT2D eigenvalue weighted by Crippen LogP contribution is 2.20. The first-order valence-corrected chi connectivity index (χ1v) is 10.8. The molecule has 1 aliphatic heterocycles. The molecule has 0 aliphatic carbocycles. The highest BCUT2D eigenvalue weighted by molar-refractivity contribution is 14.0. The Labute approximate surface area is 202 Å². The van der Waals surface area contributed by atoms with E-state index in [-0.39, 0.29) is 47.4 Å². The Bertz CT molecular complexity index is 709. The van der Waals surface area contributed by atoms with Crippen LogP contribution >= 0.6 is 24.0 Å². The van der Waals surface area contributed by atoms with Crippen molar-refractivity contribution in [1.29, 1.82) is 0 Å². The number of nitrogens with zero attached hydrogens (tertiary/aromatic N) is 2. The number of carbonyl (C=O) groups is 1. The van der Waals surface area contributed by atoms with Crippen molar-refractivity contribution in [3.63, 3.8) is 0 Å². The molecular formula is C22H37FIN5O2. The molecule has 2 rings (SSSR count). The van der Waals surface area contributed by atoms with Crippen LogP contribution in [0.5, 0.6) is 5.75 Å². The number of benzene rings is 1. The smallest absolute Gasteiger partial charge is 0.222 e. The van der Waals surface area contributed by atoms with Crippen molar-refractivity contribution in [1.82, 2.24) is 20.9 Å². The molecule has 0 radical (unpaired) electrons. The lowest BCUT2D eigenvalue weighted by Crippen LogP contribution is -2.48. The van der Waals surface area contributed by atoms with Crippen molar-refractivity contribution < 1.29 is 13.9 Å². The number of aliphatic imine (C=N–C) groups is 1. The molecule has 0 spiro atoms. The lowest BCUT2D eigenvalue weighted by molar-refractivity contribution is -0.123. The summed E-state index contributed by atoms with van der Waals surface area (Å²) in [5.74, 6) is 0.780. The van der Waals surface area contributed by atoms with Gasteiger partial charge in [0.05, 0.1) is 13.7 Å². The fourth-order valence-corrected chi connectivity index (χ4v) is 3.37. The van der Waals surface area contributed by atoms with Crippen molar-refractivity contribution in [3.8, 4) is 5.75 Å². The predicted molar refractivity (Wildman–Crippen MR) is 134 cm³/mol. The predicted octanol–water partition coefficient (Wildman–Crippen LogP) is 2.74. The summed E-state index contributed by atoms with van der Waals surface area (Å²) in [7, 11) is 1.47. The summed E-state index contributed by atoms with van der Waals surface area (Å²) < 4.78 is 18.9. The second-order valence-electron chi connectivity index (χ2n) is 7.87. The Morgan fingerprint density at radius 1 is 1.29 bits per heavy atom. The van der Waals surface area contributed by atoms with Gasteiger partial charge in [-0.2, -0.15) is 0 Å². The average molecular weight is 549 g/mol. The Morgan fingerprint density at radius 3 is 2.58 bits per heavy atom. The highest BCUT2D eigenvalue weighted by atomic mass is 127. The molecule has 0 saturated carbocycles. The quantitative estimate of drug-likeness (QED) is 0.191. The number of rotatable bonds is 9. The zero-order valence-corrected chi connectivity index (χ0v) is 21.4. The fourth-order valence-electron chi connectivity index (χ4n) is 3.37. The molecular weight excluding hydrogens is 512 g/mol. The van der Waals surface area contributed by atoms with Crippen LogP contribution in [0.25, 0.3) is 0 Å². The van der Waals surface area contributed by atoms with Crippen molar-refractivity contribution in [2.24, 2.45) is 10.9 Å². The molecule has 1 aliphatic rings. The molecule has 0 aromatic heterocycles. The maximum Gasteiger partial charge on any atom is 0.222 e. The number of likely N-dealkylation sites (tertiary alicyclic amines) is 1. The van der Waals surface area contributed by atoms with Gasteiger partial charge in [0.2, 0.25) is 5.91 Å². The molecule has 0 unspecified atom stereocenters. The minimum atomic E-state index is -0.317. The topological polar surface area (TPSA) is 78.0 Å². The summed E-state index contributed by atoms with van der Waals surface area (Å²) in [4.78, 5) is 18.5. The molecule has 0 atom stereocenters. The first-order valence-electron chi connectivity index (χ1n) is 10.8. The number of hydrogen-bond acceptors (Lipinski definition) is 4. The lowest BCUT2D eigenvalue weighted by atomic mass is 10.0. The summed E-state index contributed by atoms with van der Waals surface area (Å²) in [6.45, 7) is 10.3. The third-order valence-corrected chi connectivity index (χ3v) is 5.10. The summed E-state index contributed by atoms with van der Waals surface area (Å²) in [5, 5.41) is 9.65. The summed E-state index contributed by atoms with van der Waals surface area (Å²) in [5.41, 5.74) is 0.957. The molecule has 7 nitrogen and oxygen atoms in total. The second-order valence-corrected chi connectivity index (χ2v) is 7.87. The van der Waals surface area contributed by atoms with Crippen LogP contribution in [0.2, 0.25) is 0 Å². The van der Waals surface area contributed by atoms with Gasteiger partial charge in [-0.1, -0.05) is 19.9 Å². The van der Waals surface area contributed by atoms with Crippen molar-refractivity contribution in [2.45, 2.75) is 46.2 Å². The number of ether oxygens (including phenoxy) is 1. The molecule has 31 heavy (non-hydrogen) atoms. The van der Waals surface area contributed by atoms with Gasteiger partial charge in [0, 0.05) is 44.7 Å². The molecule has 1 aromatic carbocycles. The summed E-state index contributed by atoms with van der Waals surface area (Å²) >= 11 is 0. The second kappa shape index (κ2) is 14.4. The molecule has 1 heterocycles. The summed E-state index contributed by atoms with van der Waals surface area (Å²) in [6, 6.07) is 5.50. The number of amides is 1. The van der Waals surface area contributed by atoms with Gasteiger partial charge in [-0.3, -0.25) is 14.7 Å². The maximum atomic E-state index is 13.9. The van der Waals surface area contributed by atoms with Crippen LogP contribution in [0.4, 0.5) is 4.39 Å². The third kappa shape index (κ3) is 9.59. The average Bonchev–Trinajstić information content (AvgIpc) is 2.72. The van der Waals surface area contributed by atoms with Gasteiger partial charge in [0.15, 0.2) is 17.5 Å². The monoisotopic (exact) mass is 549 g/mol. The van der Waals surface area contributed by atoms with E-state index < -0.39 is 0 Å². The van der Waals surface area contributed by atoms with E-state index in [4.69, 9.17) is 4.74 Å². The molecule has 1 amide bonds. The molecule has 1 saturated heterocycles. The first-order chi connectivity index (χ1) is 14.4. The lowest BCUT2D eigenvalue weighted by Gasteiger charge is -2.33. The van der Waals surface area contributed by atoms with E-state index in [0.29, 0.717) is 19.1 Å². The van der Waals surface area contributed by atoms with Gasteiger partial charge in [-0.15, -0.1) is 24.0 Å². The van der Waals surface area contributed by atoms with Crippen molar-refractivity contribution in [2.75, 3.05) is 39.8 Å². The summed E-state index contributed by atoms with van der Waals surface area (Å²) in [6.07, 6.45) is 1.99. The van der Waals surface area contributed by atoms with Crippen LogP contribution in [-0.2, 0) is 11.3 Å². The minimum absolute atomic E-state index is 0. The van der Waals surface area contributed by atoms with Crippen LogP contribution in [0.15, 0.2) is 23.2 Å².